The molecule has 0 saturated carbocycles. The maximum Gasteiger partial charge on any atom is 0.354 e. The quantitative estimate of drug-likeness (QED) is 0.748. The maximum absolute atomic E-state index is 11.5. The first-order valence-corrected chi connectivity index (χ1v) is 4.61. The van der Waals surface area contributed by atoms with E-state index in [-0.39, 0.29) is 11.3 Å². The third-order valence-corrected chi connectivity index (χ3v) is 1.92. The van der Waals surface area contributed by atoms with E-state index in [1.54, 1.807) is 0 Å². The molecule has 1 rings (SSSR count). The molecule has 0 aromatic carbocycles. The number of aromatic nitrogens is 2. The molecule has 2 N–H and O–H groups in total. The number of amides is 1. The highest BCUT2D eigenvalue weighted by molar-refractivity contribution is 6.03. The summed E-state index contributed by atoms with van der Waals surface area (Å²) in [6.07, 6.45) is 2.06. The summed E-state index contributed by atoms with van der Waals surface area (Å²) in [6.45, 7) is 2.44. The lowest BCUT2D eigenvalue weighted by Gasteiger charge is -2.02. The first-order valence-electron chi connectivity index (χ1n) is 4.61. The standard InChI is InChI=1S/C9H13N3O3/c1-3-4-10-8(13)6-5-11-12(2)7(6)9(14)15/h5H,3-4H2,1-2H3,(H,10,13)(H,14,15). The first kappa shape index (κ1) is 11.2. The summed E-state index contributed by atoms with van der Waals surface area (Å²) in [7, 11) is 1.49. The number of carboxylic acids is 1. The lowest BCUT2D eigenvalue weighted by molar-refractivity contribution is 0.0679. The Balaban J connectivity index is 2.94. The fourth-order valence-electron chi connectivity index (χ4n) is 1.19. The summed E-state index contributed by atoms with van der Waals surface area (Å²) >= 11 is 0. The molecule has 15 heavy (non-hydrogen) atoms. The Morgan fingerprint density at radius 1 is 1.60 bits per heavy atom. The lowest BCUT2D eigenvalue weighted by Crippen LogP contribution is -2.25. The number of hydrogen-bond donors (Lipinski definition) is 2. The van der Waals surface area contributed by atoms with Crippen LogP contribution in [0.2, 0.25) is 0 Å². The van der Waals surface area contributed by atoms with Crippen LogP contribution in [0, 0.1) is 0 Å². The number of carbonyl (C=O) groups excluding carboxylic acids is 1. The second-order valence-corrected chi connectivity index (χ2v) is 3.09. The van der Waals surface area contributed by atoms with Gasteiger partial charge in [0, 0.05) is 13.6 Å². The van der Waals surface area contributed by atoms with E-state index in [2.05, 4.69) is 10.4 Å². The predicted molar refractivity (Wildman–Crippen MR) is 52.8 cm³/mol. The number of nitrogens with zero attached hydrogens (tertiary/aromatic N) is 2. The molecular formula is C9H13N3O3. The van der Waals surface area contributed by atoms with Gasteiger partial charge in [-0.3, -0.25) is 9.48 Å². The summed E-state index contributed by atoms with van der Waals surface area (Å²) in [5.74, 6) is -1.56. The van der Waals surface area contributed by atoms with Gasteiger partial charge in [-0.25, -0.2) is 4.79 Å². The van der Waals surface area contributed by atoms with Crippen molar-refractivity contribution >= 4 is 11.9 Å². The van der Waals surface area contributed by atoms with E-state index >= 15 is 0 Å². The van der Waals surface area contributed by atoms with Crippen LogP contribution in [-0.4, -0.2) is 33.3 Å². The Morgan fingerprint density at radius 2 is 2.27 bits per heavy atom. The average molecular weight is 211 g/mol. The van der Waals surface area contributed by atoms with Gasteiger partial charge in [-0.05, 0) is 6.42 Å². The summed E-state index contributed by atoms with van der Waals surface area (Å²) in [4.78, 5) is 22.4. The smallest absolute Gasteiger partial charge is 0.354 e. The van der Waals surface area contributed by atoms with Crippen LogP contribution in [0.5, 0.6) is 0 Å². The van der Waals surface area contributed by atoms with E-state index < -0.39 is 11.9 Å². The Hall–Kier alpha value is -1.85. The van der Waals surface area contributed by atoms with Crippen molar-refractivity contribution < 1.29 is 14.7 Å². The largest absolute Gasteiger partial charge is 0.477 e. The zero-order valence-corrected chi connectivity index (χ0v) is 8.65. The van der Waals surface area contributed by atoms with Gasteiger partial charge in [0.2, 0.25) is 0 Å². The Labute approximate surface area is 86.9 Å². The van der Waals surface area contributed by atoms with Gasteiger partial charge in [0.25, 0.3) is 5.91 Å². The molecule has 0 spiro atoms. The highest BCUT2D eigenvalue weighted by atomic mass is 16.4. The number of aromatic carboxylic acids is 1. The zero-order valence-electron chi connectivity index (χ0n) is 8.65. The number of carboxylic acid groups (broad SMARTS) is 1. The van der Waals surface area contributed by atoms with Crippen LogP contribution in [0.4, 0.5) is 0 Å². The van der Waals surface area contributed by atoms with Gasteiger partial charge in [0.1, 0.15) is 0 Å². The number of rotatable bonds is 4. The van der Waals surface area contributed by atoms with Crippen LogP contribution in [-0.2, 0) is 7.05 Å². The molecule has 0 fully saturated rings. The normalized spacial score (nSPS) is 10.0. The summed E-state index contributed by atoms with van der Waals surface area (Å²) in [5.41, 5.74) is 0.00190. The molecule has 0 bridgehead atoms. The van der Waals surface area contributed by atoms with Gasteiger partial charge >= 0.3 is 5.97 Å². The third-order valence-electron chi connectivity index (χ3n) is 1.92. The van der Waals surface area contributed by atoms with E-state index in [4.69, 9.17) is 5.11 Å². The molecular weight excluding hydrogens is 198 g/mol. The van der Waals surface area contributed by atoms with Crippen molar-refractivity contribution in [1.29, 1.82) is 0 Å². The molecule has 0 saturated heterocycles. The zero-order chi connectivity index (χ0) is 11.4. The van der Waals surface area contributed by atoms with Crippen molar-refractivity contribution in [1.82, 2.24) is 15.1 Å². The number of hydrogen-bond acceptors (Lipinski definition) is 3. The second-order valence-electron chi connectivity index (χ2n) is 3.09. The van der Waals surface area contributed by atoms with Crippen LogP contribution in [0.1, 0.15) is 34.2 Å². The summed E-state index contributed by atoms with van der Waals surface area (Å²) in [5, 5.41) is 15.2. The van der Waals surface area contributed by atoms with E-state index in [1.165, 1.54) is 17.9 Å². The topological polar surface area (TPSA) is 84.2 Å². The van der Waals surface area contributed by atoms with Gasteiger partial charge in [-0.1, -0.05) is 6.92 Å². The molecule has 6 nitrogen and oxygen atoms in total. The first-order chi connectivity index (χ1) is 7.07. The van der Waals surface area contributed by atoms with E-state index in [0.717, 1.165) is 6.42 Å². The second kappa shape index (κ2) is 4.59. The van der Waals surface area contributed by atoms with Gasteiger partial charge in [-0.15, -0.1) is 0 Å². The van der Waals surface area contributed by atoms with Crippen molar-refractivity contribution in [3.8, 4) is 0 Å². The van der Waals surface area contributed by atoms with Crippen LogP contribution in [0.25, 0.3) is 0 Å². The summed E-state index contributed by atoms with van der Waals surface area (Å²) < 4.78 is 1.17. The lowest BCUT2D eigenvalue weighted by atomic mass is 10.2. The molecule has 0 aliphatic carbocycles. The molecule has 1 aromatic heterocycles. The van der Waals surface area contributed by atoms with Crippen molar-refractivity contribution in [2.24, 2.45) is 7.05 Å². The third kappa shape index (κ3) is 2.34. The Kier molecular flexibility index (Phi) is 3.43. The van der Waals surface area contributed by atoms with Crippen molar-refractivity contribution in [2.45, 2.75) is 13.3 Å². The van der Waals surface area contributed by atoms with E-state index in [1.807, 2.05) is 6.92 Å². The molecule has 0 atom stereocenters. The maximum atomic E-state index is 11.5. The van der Waals surface area contributed by atoms with Crippen molar-refractivity contribution in [3.63, 3.8) is 0 Å². The van der Waals surface area contributed by atoms with Crippen LogP contribution in [0.15, 0.2) is 6.20 Å². The molecule has 82 valence electrons. The molecule has 1 aromatic rings. The minimum atomic E-state index is -1.16. The Morgan fingerprint density at radius 3 is 2.80 bits per heavy atom. The van der Waals surface area contributed by atoms with E-state index in [9.17, 15) is 9.59 Å². The fraction of sp³-hybridized carbons (Fsp3) is 0.444. The van der Waals surface area contributed by atoms with Gasteiger partial charge in [0.05, 0.1) is 11.8 Å². The molecule has 0 unspecified atom stereocenters. The Bertz CT molecular complexity index is 384. The number of aryl methyl sites for hydroxylation is 1. The molecule has 0 radical (unpaired) electrons. The number of carbonyl (C=O) groups is 2. The molecule has 0 aliphatic heterocycles. The highest BCUT2D eigenvalue weighted by Crippen LogP contribution is 2.07. The fourth-order valence-corrected chi connectivity index (χ4v) is 1.19. The average Bonchev–Trinajstić information content (AvgIpc) is 2.56. The van der Waals surface area contributed by atoms with Crippen LogP contribution >= 0.6 is 0 Å². The number of nitrogens with one attached hydrogen (secondary N) is 1. The SMILES string of the molecule is CCCNC(=O)c1cnn(C)c1C(=O)O. The van der Waals surface area contributed by atoms with Gasteiger partial charge in [-0.2, -0.15) is 5.10 Å². The monoisotopic (exact) mass is 211 g/mol. The minimum absolute atomic E-state index is 0.0939. The molecule has 0 aliphatic rings. The molecule has 6 heteroatoms. The van der Waals surface area contributed by atoms with Crippen molar-refractivity contribution in [2.75, 3.05) is 6.54 Å². The molecule has 1 amide bonds. The molecule has 1 heterocycles. The predicted octanol–water partition coefficient (Wildman–Crippen LogP) is 0.258. The van der Waals surface area contributed by atoms with E-state index in [0.29, 0.717) is 6.54 Å². The highest BCUT2D eigenvalue weighted by Gasteiger charge is 2.20. The van der Waals surface area contributed by atoms with Gasteiger partial charge < -0.3 is 10.4 Å². The van der Waals surface area contributed by atoms with Crippen LogP contribution in [0.3, 0.4) is 0 Å². The summed E-state index contributed by atoms with van der Waals surface area (Å²) in [6, 6.07) is 0. The minimum Gasteiger partial charge on any atom is -0.477 e. The van der Waals surface area contributed by atoms with Crippen LogP contribution < -0.4 is 5.32 Å². The van der Waals surface area contributed by atoms with Gasteiger partial charge in [0.15, 0.2) is 5.69 Å². The van der Waals surface area contributed by atoms with Crippen molar-refractivity contribution in [3.05, 3.63) is 17.5 Å².